The average molecular weight is 373 g/mol. The summed E-state index contributed by atoms with van der Waals surface area (Å²) < 4.78 is 3.58. The lowest BCUT2D eigenvalue weighted by molar-refractivity contribution is -0.123. The molecule has 9 heteroatoms. The highest BCUT2D eigenvalue weighted by Gasteiger charge is 2.31. The number of nitrogens with zero attached hydrogens (tertiary/aromatic N) is 5. The summed E-state index contributed by atoms with van der Waals surface area (Å²) in [6.45, 7) is 6.42. The number of hydrogen-bond acceptors (Lipinski definition) is 6. The van der Waals surface area contributed by atoms with Gasteiger partial charge in [-0.25, -0.2) is 9.50 Å². The van der Waals surface area contributed by atoms with Crippen molar-refractivity contribution in [1.29, 1.82) is 0 Å². The first-order chi connectivity index (χ1) is 12.3. The number of amides is 1. The summed E-state index contributed by atoms with van der Waals surface area (Å²) >= 11 is 1.53. The summed E-state index contributed by atoms with van der Waals surface area (Å²) in [6, 6.07) is -0.0545. The standard InChI is InChI=1S/C17H23N7OS/c1-17(2,3)12-9-24-16(20-12)26-15(22-24)19-11-5-6-13(25)21-14(11)10-7-18-23(4)8-10/h7-9,11,14H,5-6H2,1-4H3,(H,19,22)(H,21,25)/t11-,14+/m1/s1. The SMILES string of the molecule is Cn1cc([C@@H]2NC(=O)CC[C@H]2Nc2nn3cc(C(C)(C)C)nc3s2)cn1. The molecule has 1 fully saturated rings. The van der Waals surface area contributed by atoms with Gasteiger partial charge in [-0.2, -0.15) is 5.10 Å². The molecule has 3 aromatic heterocycles. The van der Waals surface area contributed by atoms with Gasteiger partial charge in [0.25, 0.3) is 0 Å². The largest absolute Gasteiger partial charge is 0.355 e. The van der Waals surface area contributed by atoms with Gasteiger partial charge in [0.15, 0.2) is 0 Å². The number of aryl methyl sites for hydroxylation is 1. The third-order valence-electron chi connectivity index (χ3n) is 4.61. The number of fused-ring (bicyclic) bond motifs is 1. The van der Waals surface area contributed by atoms with E-state index in [9.17, 15) is 4.79 Å². The van der Waals surface area contributed by atoms with Crippen LogP contribution >= 0.6 is 11.3 Å². The van der Waals surface area contributed by atoms with Gasteiger partial charge in [0, 0.05) is 30.6 Å². The Labute approximate surface area is 155 Å². The molecule has 0 aromatic carbocycles. The van der Waals surface area contributed by atoms with Crippen molar-refractivity contribution in [1.82, 2.24) is 29.7 Å². The smallest absolute Gasteiger partial charge is 0.220 e. The fourth-order valence-corrected chi connectivity index (χ4v) is 3.99. The van der Waals surface area contributed by atoms with Crippen molar-refractivity contribution in [3.63, 3.8) is 0 Å². The fourth-order valence-electron chi connectivity index (χ4n) is 3.15. The van der Waals surface area contributed by atoms with Crippen molar-refractivity contribution in [3.8, 4) is 0 Å². The van der Waals surface area contributed by atoms with Crippen LogP contribution in [0.25, 0.3) is 4.96 Å². The van der Waals surface area contributed by atoms with Crippen molar-refractivity contribution in [2.45, 2.75) is 51.1 Å². The lowest BCUT2D eigenvalue weighted by atomic mass is 9.93. The van der Waals surface area contributed by atoms with E-state index in [2.05, 4.69) is 46.6 Å². The van der Waals surface area contributed by atoms with Crippen LogP contribution in [0.1, 0.15) is 50.9 Å². The maximum absolute atomic E-state index is 11.9. The molecule has 0 unspecified atom stereocenters. The molecule has 8 nitrogen and oxygen atoms in total. The molecule has 0 bridgehead atoms. The van der Waals surface area contributed by atoms with Crippen LogP contribution in [0.2, 0.25) is 0 Å². The van der Waals surface area contributed by atoms with Crippen molar-refractivity contribution in [2.75, 3.05) is 5.32 Å². The fraction of sp³-hybridized carbons (Fsp3) is 0.529. The Hall–Kier alpha value is -2.42. The van der Waals surface area contributed by atoms with Gasteiger partial charge in [-0.1, -0.05) is 32.1 Å². The molecule has 26 heavy (non-hydrogen) atoms. The van der Waals surface area contributed by atoms with E-state index in [0.29, 0.717) is 6.42 Å². The minimum Gasteiger partial charge on any atom is -0.355 e. The average Bonchev–Trinajstić information content (AvgIpc) is 3.22. The van der Waals surface area contributed by atoms with Gasteiger partial charge in [-0.3, -0.25) is 9.48 Å². The lowest BCUT2D eigenvalue weighted by Gasteiger charge is -2.32. The number of hydrogen-bond donors (Lipinski definition) is 2. The highest BCUT2D eigenvalue weighted by atomic mass is 32.1. The van der Waals surface area contributed by atoms with Crippen LogP contribution in [-0.4, -0.2) is 36.3 Å². The summed E-state index contributed by atoms with van der Waals surface area (Å²) in [5.74, 6) is 0.0701. The highest BCUT2D eigenvalue weighted by Crippen LogP contribution is 2.30. The monoisotopic (exact) mass is 373 g/mol. The Bertz CT molecular complexity index is 917. The number of carbonyl (C=O) groups is 1. The van der Waals surface area contributed by atoms with E-state index in [1.165, 1.54) is 11.3 Å². The van der Waals surface area contributed by atoms with Crippen molar-refractivity contribution in [3.05, 3.63) is 29.8 Å². The van der Waals surface area contributed by atoms with Gasteiger partial charge in [0.05, 0.1) is 30.2 Å². The first kappa shape index (κ1) is 17.0. The zero-order chi connectivity index (χ0) is 18.5. The van der Waals surface area contributed by atoms with Crippen LogP contribution in [0.15, 0.2) is 18.6 Å². The number of carbonyl (C=O) groups excluding carboxylic acids is 1. The Morgan fingerprint density at radius 2 is 2.15 bits per heavy atom. The predicted molar refractivity (Wildman–Crippen MR) is 100 cm³/mol. The van der Waals surface area contributed by atoms with E-state index in [1.807, 2.05) is 24.0 Å². The summed E-state index contributed by atoms with van der Waals surface area (Å²) in [6.07, 6.45) is 6.98. The van der Waals surface area contributed by atoms with Crippen LogP contribution < -0.4 is 10.6 Å². The minimum absolute atomic E-state index is 0.0000675. The molecule has 1 aliphatic heterocycles. The number of nitrogens with one attached hydrogen (secondary N) is 2. The third kappa shape index (κ3) is 3.18. The van der Waals surface area contributed by atoms with Gasteiger partial charge in [0.2, 0.25) is 16.0 Å². The van der Waals surface area contributed by atoms with Crippen LogP contribution in [0.4, 0.5) is 5.13 Å². The molecule has 0 saturated carbocycles. The molecular weight excluding hydrogens is 350 g/mol. The van der Waals surface area contributed by atoms with Crippen molar-refractivity contribution < 1.29 is 4.79 Å². The summed E-state index contributed by atoms with van der Waals surface area (Å²) in [5.41, 5.74) is 2.02. The van der Waals surface area contributed by atoms with Gasteiger partial charge in [-0.15, -0.1) is 5.10 Å². The summed E-state index contributed by atoms with van der Waals surface area (Å²) in [5, 5.41) is 16.2. The number of aromatic nitrogens is 5. The molecule has 0 aliphatic carbocycles. The maximum atomic E-state index is 11.9. The first-order valence-corrected chi connectivity index (χ1v) is 9.52. The zero-order valence-electron chi connectivity index (χ0n) is 15.4. The Morgan fingerprint density at radius 1 is 1.35 bits per heavy atom. The Balaban J connectivity index is 1.57. The van der Waals surface area contributed by atoms with Crippen LogP contribution in [0.5, 0.6) is 0 Å². The normalized spacial score (nSPS) is 21.2. The topological polar surface area (TPSA) is 89.1 Å². The summed E-state index contributed by atoms with van der Waals surface area (Å²) in [7, 11) is 1.87. The minimum atomic E-state index is -0.119. The number of anilines is 1. The van der Waals surface area contributed by atoms with Crippen molar-refractivity contribution >= 4 is 27.3 Å². The number of imidazole rings is 1. The predicted octanol–water partition coefficient (Wildman–Crippen LogP) is 2.25. The highest BCUT2D eigenvalue weighted by molar-refractivity contribution is 7.20. The van der Waals surface area contributed by atoms with Gasteiger partial charge < -0.3 is 10.6 Å². The van der Waals surface area contributed by atoms with Crippen LogP contribution in [0, 0.1) is 0 Å². The zero-order valence-corrected chi connectivity index (χ0v) is 16.2. The molecule has 3 aromatic rings. The maximum Gasteiger partial charge on any atom is 0.220 e. The second kappa shape index (κ2) is 6.08. The Morgan fingerprint density at radius 3 is 2.81 bits per heavy atom. The van der Waals surface area contributed by atoms with E-state index in [4.69, 9.17) is 0 Å². The molecule has 2 N–H and O–H groups in total. The first-order valence-electron chi connectivity index (χ1n) is 8.71. The van der Waals surface area contributed by atoms with E-state index in [-0.39, 0.29) is 23.4 Å². The molecule has 138 valence electrons. The van der Waals surface area contributed by atoms with E-state index >= 15 is 0 Å². The van der Waals surface area contributed by atoms with Crippen molar-refractivity contribution in [2.24, 2.45) is 7.05 Å². The Kier molecular flexibility index (Phi) is 3.98. The number of rotatable bonds is 3. The summed E-state index contributed by atoms with van der Waals surface area (Å²) in [4.78, 5) is 17.4. The quantitative estimate of drug-likeness (QED) is 0.735. The molecule has 1 aliphatic rings. The molecule has 0 spiro atoms. The molecule has 2 atom stereocenters. The molecule has 4 heterocycles. The lowest BCUT2D eigenvalue weighted by Crippen LogP contribution is -2.45. The van der Waals surface area contributed by atoms with Gasteiger partial charge in [0.1, 0.15) is 0 Å². The van der Waals surface area contributed by atoms with E-state index < -0.39 is 0 Å². The molecule has 4 rings (SSSR count). The molecule has 0 radical (unpaired) electrons. The second-order valence-corrected chi connectivity index (χ2v) is 8.75. The molecular formula is C17H23N7OS. The third-order valence-corrected chi connectivity index (χ3v) is 5.46. The molecule has 1 amide bonds. The van der Waals surface area contributed by atoms with Crippen LogP contribution in [0.3, 0.4) is 0 Å². The van der Waals surface area contributed by atoms with E-state index in [1.54, 1.807) is 10.9 Å². The van der Waals surface area contributed by atoms with Crippen LogP contribution in [-0.2, 0) is 17.3 Å². The second-order valence-electron chi connectivity index (χ2n) is 7.79. The molecule has 1 saturated heterocycles. The van der Waals surface area contributed by atoms with Gasteiger partial charge in [-0.05, 0) is 6.42 Å². The number of piperidine rings is 1. The van der Waals surface area contributed by atoms with Gasteiger partial charge >= 0.3 is 0 Å². The van der Waals surface area contributed by atoms with E-state index in [0.717, 1.165) is 27.8 Å².